The number of rotatable bonds is 3. The molecule has 0 aliphatic heterocycles. The van der Waals surface area contributed by atoms with Crippen molar-refractivity contribution in [2.75, 3.05) is 6.61 Å². The molecule has 0 aromatic carbocycles. The van der Waals surface area contributed by atoms with Gasteiger partial charge in [0, 0.05) is 12.5 Å². The second-order valence-electron chi connectivity index (χ2n) is 3.37. The van der Waals surface area contributed by atoms with Crippen LogP contribution in [0.5, 0.6) is 0 Å². The molecule has 0 aromatic rings. The van der Waals surface area contributed by atoms with Crippen LogP contribution in [0.25, 0.3) is 0 Å². The summed E-state index contributed by atoms with van der Waals surface area (Å²) in [5.41, 5.74) is 5.81. The zero-order valence-electron chi connectivity index (χ0n) is 7.46. The van der Waals surface area contributed by atoms with Gasteiger partial charge in [0.05, 0.1) is 12.7 Å². The molecule has 2 N–H and O–H groups in total. The van der Waals surface area contributed by atoms with E-state index in [0.717, 1.165) is 19.3 Å². The van der Waals surface area contributed by atoms with Gasteiger partial charge in [0.1, 0.15) is 0 Å². The van der Waals surface area contributed by atoms with Crippen molar-refractivity contribution in [2.45, 2.75) is 44.2 Å². The van der Waals surface area contributed by atoms with Crippen LogP contribution in [0.4, 0.5) is 0 Å². The standard InChI is InChI=1S/C10H17NO/c1-2-3-7-12-10-6-4-5-9(11)8-10/h1,9-10H,3-8,11H2. The maximum absolute atomic E-state index is 5.81. The minimum absolute atomic E-state index is 0.342. The first-order valence-corrected chi connectivity index (χ1v) is 4.63. The molecule has 0 aromatic heterocycles. The molecule has 0 saturated heterocycles. The molecule has 1 fully saturated rings. The molecule has 1 aliphatic carbocycles. The fraction of sp³-hybridized carbons (Fsp3) is 0.800. The van der Waals surface area contributed by atoms with Crippen molar-refractivity contribution in [3.8, 4) is 12.3 Å². The SMILES string of the molecule is C#CCCOC1CCCC(N)C1. The Balaban J connectivity index is 2.11. The molecule has 2 heteroatoms. The van der Waals surface area contributed by atoms with E-state index in [0.29, 0.717) is 25.2 Å². The lowest BCUT2D eigenvalue weighted by atomic mass is 9.94. The van der Waals surface area contributed by atoms with Crippen molar-refractivity contribution in [3.05, 3.63) is 0 Å². The average Bonchev–Trinajstić information content (AvgIpc) is 2.05. The first kappa shape index (κ1) is 9.57. The molecule has 2 unspecified atom stereocenters. The summed E-state index contributed by atoms with van der Waals surface area (Å²) in [7, 11) is 0. The van der Waals surface area contributed by atoms with E-state index in [-0.39, 0.29) is 0 Å². The summed E-state index contributed by atoms with van der Waals surface area (Å²) in [6.07, 6.45) is 10.7. The molecule has 2 atom stereocenters. The van der Waals surface area contributed by atoms with Crippen LogP contribution in [0.2, 0.25) is 0 Å². The van der Waals surface area contributed by atoms with Crippen LogP contribution >= 0.6 is 0 Å². The topological polar surface area (TPSA) is 35.2 Å². The van der Waals surface area contributed by atoms with Crippen molar-refractivity contribution in [1.82, 2.24) is 0 Å². The third-order valence-electron chi connectivity index (χ3n) is 2.27. The average molecular weight is 167 g/mol. The molecule has 0 bridgehead atoms. The summed E-state index contributed by atoms with van der Waals surface area (Å²) in [5, 5.41) is 0. The second kappa shape index (κ2) is 5.18. The van der Waals surface area contributed by atoms with Crippen molar-refractivity contribution in [3.63, 3.8) is 0 Å². The van der Waals surface area contributed by atoms with E-state index in [4.69, 9.17) is 16.9 Å². The first-order chi connectivity index (χ1) is 5.83. The third kappa shape index (κ3) is 3.25. The minimum atomic E-state index is 0.342. The molecule has 0 amide bonds. The summed E-state index contributed by atoms with van der Waals surface area (Å²) >= 11 is 0. The number of nitrogens with two attached hydrogens (primary N) is 1. The molecule has 1 rings (SSSR count). The van der Waals surface area contributed by atoms with E-state index in [1.54, 1.807) is 0 Å². The lowest BCUT2D eigenvalue weighted by molar-refractivity contribution is 0.0270. The number of hydrogen-bond donors (Lipinski definition) is 1. The van der Waals surface area contributed by atoms with Gasteiger partial charge in [-0.1, -0.05) is 0 Å². The van der Waals surface area contributed by atoms with E-state index in [1.165, 1.54) is 6.42 Å². The normalized spacial score (nSPS) is 29.7. The van der Waals surface area contributed by atoms with Crippen LogP contribution in [0.15, 0.2) is 0 Å². The largest absolute Gasteiger partial charge is 0.377 e. The Morgan fingerprint density at radius 1 is 1.50 bits per heavy atom. The van der Waals surface area contributed by atoms with Crippen LogP contribution in [0, 0.1) is 12.3 Å². The Bertz CT molecular complexity index is 162. The summed E-state index contributed by atoms with van der Waals surface area (Å²) in [5.74, 6) is 2.56. The molecule has 2 nitrogen and oxygen atoms in total. The molecule has 0 radical (unpaired) electrons. The van der Waals surface area contributed by atoms with Gasteiger partial charge in [-0.3, -0.25) is 0 Å². The number of ether oxygens (including phenoxy) is 1. The lowest BCUT2D eigenvalue weighted by Crippen LogP contribution is -2.32. The summed E-state index contributed by atoms with van der Waals surface area (Å²) < 4.78 is 5.57. The van der Waals surface area contributed by atoms with Gasteiger partial charge in [-0.15, -0.1) is 12.3 Å². The van der Waals surface area contributed by atoms with E-state index in [2.05, 4.69) is 5.92 Å². The van der Waals surface area contributed by atoms with Gasteiger partial charge < -0.3 is 10.5 Å². The van der Waals surface area contributed by atoms with E-state index in [1.807, 2.05) is 0 Å². The van der Waals surface area contributed by atoms with E-state index in [9.17, 15) is 0 Å². The summed E-state index contributed by atoms with van der Waals surface area (Å²) in [6.45, 7) is 0.688. The van der Waals surface area contributed by atoms with Crippen molar-refractivity contribution in [2.24, 2.45) is 5.73 Å². The van der Waals surface area contributed by atoms with Gasteiger partial charge in [-0.25, -0.2) is 0 Å². The van der Waals surface area contributed by atoms with Crippen molar-refractivity contribution >= 4 is 0 Å². The molecule has 1 aliphatic rings. The van der Waals surface area contributed by atoms with E-state index >= 15 is 0 Å². The van der Waals surface area contributed by atoms with Crippen molar-refractivity contribution in [1.29, 1.82) is 0 Å². The third-order valence-corrected chi connectivity index (χ3v) is 2.27. The molecular formula is C10H17NO. The van der Waals surface area contributed by atoms with Crippen LogP contribution in [0.3, 0.4) is 0 Å². The quantitative estimate of drug-likeness (QED) is 0.508. The van der Waals surface area contributed by atoms with Gasteiger partial charge in [-0.2, -0.15) is 0 Å². The maximum atomic E-state index is 5.81. The van der Waals surface area contributed by atoms with Gasteiger partial charge in [-0.05, 0) is 25.7 Å². The Morgan fingerprint density at radius 3 is 3.00 bits per heavy atom. The summed E-state index contributed by atoms with van der Waals surface area (Å²) in [6, 6.07) is 0.342. The number of terminal acetylenes is 1. The van der Waals surface area contributed by atoms with Crippen molar-refractivity contribution < 1.29 is 4.74 Å². The van der Waals surface area contributed by atoms with Crippen LogP contribution < -0.4 is 5.73 Å². The fourth-order valence-electron chi connectivity index (χ4n) is 1.62. The predicted octanol–water partition coefficient (Wildman–Crippen LogP) is 1.30. The molecule has 0 spiro atoms. The van der Waals surface area contributed by atoms with Gasteiger partial charge in [0.2, 0.25) is 0 Å². The van der Waals surface area contributed by atoms with Crippen LogP contribution in [-0.2, 0) is 4.74 Å². The summed E-state index contributed by atoms with van der Waals surface area (Å²) in [4.78, 5) is 0. The predicted molar refractivity (Wildman–Crippen MR) is 49.6 cm³/mol. The molecule has 1 saturated carbocycles. The Morgan fingerprint density at radius 2 is 2.33 bits per heavy atom. The highest BCUT2D eigenvalue weighted by molar-refractivity contribution is 4.83. The first-order valence-electron chi connectivity index (χ1n) is 4.63. The highest BCUT2D eigenvalue weighted by atomic mass is 16.5. The van der Waals surface area contributed by atoms with Gasteiger partial charge in [0.15, 0.2) is 0 Å². The second-order valence-corrected chi connectivity index (χ2v) is 3.37. The monoisotopic (exact) mass is 167 g/mol. The fourth-order valence-corrected chi connectivity index (χ4v) is 1.62. The molecule has 68 valence electrons. The van der Waals surface area contributed by atoms with Crippen LogP contribution in [-0.4, -0.2) is 18.8 Å². The maximum Gasteiger partial charge on any atom is 0.0590 e. The number of hydrogen-bond acceptors (Lipinski definition) is 2. The minimum Gasteiger partial charge on any atom is -0.377 e. The van der Waals surface area contributed by atoms with Crippen LogP contribution in [0.1, 0.15) is 32.1 Å². The van der Waals surface area contributed by atoms with Gasteiger partial charge >= 0.3 is 0 Å². The molecular weight excluding hydrogens is 150 g/mol. The molecule has 0 heterocycles. The lowest BCUT2D eigenvalue weighted by Gasteiger charge is -2.26. The van der Waals surface area contributed by atoms with Gasteiger partial charge in [0.25, 0.3) is 0 Å². The Labute approximate surface area is 74.5 Å². The zero-order valence-corrected chi connectivity index (χ0v) is 7.46. The van der Waals surface area contributed by atoms with E-state index < -0.39 is 0 Å². The Kier molecular flexibility index (Phi) is 4.13. The Hall–Kier alpha value is -0.520. The molecule has 12 heavy (non-hydrogen) atoms. The smallest absolute Gasteiger partial charge is 0.0590 e. The highest BCUT2D eigenvalue weighted by Gasteiger charge is 2.18. The zero-order chi connectivity index (χ0) is 8.81. The highest BCUT2D eigenvalue weighted by Crippen LogP contribution is 2.19.